The molecule has 6 heteroatoms. The molecule has 1 aromatic carbocycles. The average molecular weight is 348 g/mol. The van der Waals surface area contributed by atoms with Gasteiger partial charge < -0.3 is 10.5 Å². The molecule has 2 N–H and O–H groups in total. The highest BCUT2D eigenvalue weighted by molar-refractivity contribution is 9.11. The zero-order chi connectivity index (χ0) is 13.8. The highest BCUT2D eigenvalue weighted by Gasteiger charge is 2.11. The number of hydrogen-bond donors (Lipinski definition) is 1. The van der Waals surface area contributed by atoms with E-state index in [9.17, 15) is 8.78 Å². The van der Waals surface area contributed by atoms with Gasteiger partial charge in [0, 0.05) is 17.3 Å². The minimum absolute atomic E-state index is 0.135. The summed E-state index contributed by atoms with van der Waals surface area (Å²) >= 11 is 5.00. The van der Waals surface area contributed by atoms with Gasteiger partial charge in [-0.2, -0.15) is 8.78 Å². The molecule has 0 radical (unpaired) electrons. The maximum absolute atomic E-state index is 12.1. The molecule has 1 unspecified atom stereocenters. The van der Waals surface area contributed by atoms with Crippen LogP contribution >= 0.6 is 27.3 Å². The zero-order valence-electron chi connectivity index (χ0n) is 9.85. The normalized spacial score (nSPS) is 12.7. The fraction of sp³-hybridized carbons (Fsp3) is 0.231. The van der Waals surface area contributed by atoms with E-state index in [4.69, 9.17) is 5.73 Å². The molecule has 0 spiro atoms. The predicted molar refractivity (Wildman–Crippen MR) is 75.7 cm³/mol. The van der Waals surface area contributed by atoms with Crippen LogP contribution in [0.4, 0.5) is 8.78 Å². The van der Waals surface area contributed by atoms with Crippen molar-refractivity contribution in [2.45, 2.75) is 19.1 Å². The first-order chi connectivity index (χ1) is 9.04. The molecule has 102 valence electrons. The van der Waals surface area contributed by atoms with Gasteiger partial charge >= 0.3 is 6.61 Å². The molecule has 2 rings (SSSR count). The second-order valence-corrected chi connectivity index (χ2v) is 6.51. The third kappa shape index (κ3) is 4.26. The lowest BCUT2D eigenvalue weighted by Crippen LogP contribution is -2.13. The van der Waals surface area contributed by atoms with E-state index >= 15 is 0 Å². The van der Waals surface area contributed by atoms with Gasteiger partial charge in [0.05, 0.1) is 3.79 Å². The number of rotatable bonds is 5. The van der Waals surface area contributed by atoms with Crippen LogP contribution in [-0.2, 0) is 6.42 Å². The molecule has 1 heterocycles. The van der Waals surface area contributed by atoms with Crippen LogP contribution in [0.1, 0.15) is 16.5 Å². The Kier molecular flexibility index (Phi) is 4.90. The van der Waals surface area contributed by atoms with Crippen molar-refractivity contribution in [1.29, 1.82) is 0 Å². The Morgan fingerprint density at radius 2 is 2.05 bits per heavy atom. The van der Waals surface area contributed by atoms with E-state index in [2.05, 4.69) is 20.7 Å². The van der Waals surface area contributed by atoms with E-state index < -0.39 is 6.61 Å². The van der Waals surface area contributed by atoms with Gasteiger partial charge in [-0.25, -0.2) is 0 Å². The smallest absolute Gasteiger partial charge is 0.387 e. The van der Waals surface area contributed by atoms with Crippen molar-refractivity contribution in [2.24, 2.45) is 5.73 Å². The molecule has 19 heavy (non-hydrogen) atoms. The summed E-state index contributed by atoms with van der Waals surface area (Å²) < 4.78 is 29.7. The van der Waals surface area contributed by atoms with Gasteiger partial charge in [0.2, 0.25) is 0 Å². The quantitative estimate of drug-likeness (QED) is 0.872. The lowest BCUT2D eigenvalue weighted by atomic mass is 10.0. The number of thiophene rings is 1. The molecule has 2 nitrogen and oxygen atoms in total. The SMILES string of the molecule is NC(Cc1ccc(Br)s1)c1cccc(OC(F)F)c1. The van der Waals surface area contributed by atoms with Gasteiger partial charge in [-0.1, -0.05) is 12.1 Å². The number of hydrogen-bond acceptors (Lipinski definition) is 3. The van der Waals surface area contributed by atoms with Crippen molar-refractivity contribution in [3.05, 3.63) is 50.6 Å². The number of benzene rings is 1. The standard InChI is InChI=1S/C13H12BrF2NOS/c14-12-5-4-10(19-12)7-11(17)8-2-1-3-9(6-8)18-13(15)16/h1-6,11,13H,7,17H2. The number of ether oxygens (including phenoxy) is 1. The lowest BCUT2D eigenvalue weighted by Gasteiger charge is -2.12. The van der Waals surface area contributed by atoms with Crippen LogP contribution in [0, 0.1) is 0 Å². The van der Waals surface area contributed by atoms with E-state index in [1.807, 2.05) is 18.2 Å². The first-order valence-electron chi connectivity index (χ1n) is 5.59. The maximum Gasteiger partial charge on any atom is 0.387 e. The fourth-order valence-electron chi connectivity index (χ4n) is 1.72. The third-order valence-corrected chi connectivity index (χ3v) is 4.21. The number of nitrogens with two attached hydrogens (primary N) is 1. The largest absolute Gasteiger partial charge is 0.435 e. The van der Waals surface area contributed by atoms with Crippen molar-refractivity contribution in [1.82, 2.24) is 0 Å². The zero-order valence-corrected chi connectivity index (χ0v) is 12.3. The summed E-state index contributed by atoms with van der Waals surface area (Å²) in [5.41, 5.74) is 6.86. The molecule has 0 saturated heterocycles. The third-order valence-electron chi connectivity index (χ3n) is 2.56. The van der Waals surface area contributed by atoms with Gasteiger partial charge in [0.25, 0.3) is 0 Å². The highest BCUT2D eigenvalue weighted by Crippen LogP contribution is 2.27. The molecule has 0 amide bonds. The average Bonchev–Trinajstić information content (AvgIpc) is 2.74. The van der Waals surface area contributed by atoms with Crippen molar-refractivity contribution in [3.63, 3.8) is 0 Å². The summed E-state index contributed by atoms with van der Waals surface area (Å²) in [4.78, 5) is 1.14. The van der Waals surface area contributed by atoms with Crippen molar-refractivity contribution in [3.8, 4) is 5.75 Å². The van der Waals surface area contributed by atoms with E-state index in [0.29, 0.717) is 6.42 Å². The summed E-state index contributed by atoms with van der Waals surface area (Å²) in [6.07, 6.45) is 0.661. The summed E-state index contributed by atoms with van der Waals surface area (Å²) in [7, 11) is 0. The summed E-state index contributed by atoms with van der Waals surface area (Å²) in [6.45, 7) is -2.82. The predicted octanol–water partition coefficient (Wildman–Crippen LogP) is 4.35. The fourth-order valence-corrected chi connectivity index (χ4v) is 3.26. The Morgan fingerprint density at radius 3 is 2.68 bits per heavy atom. The highest BCUT2D eigenvalue weighted by atomic mass is 79.9. The minimum Gasteiger partial charge on any atom is -0.435 e. The van der Waals surface area contributed by atoms with Crippen molar-refractivity contribution in [2.75, 3.05) is 0 Å². The van der Waals surface area contributed by atoms with E-state index in [1.54, 1.807) is 23.5 Å². The lowest BCUT2D eigenvalue weighted by molar-refractivity contribution is -0.0498. The van der Waals surface area contributed by atoms with Crippen LogP contribution in [0.2, 0.25) is 0 Å². The Labute approximate surface area is 122 Å². The molecular weight excluding hydrogens is 336 g/mol. The maximum atomic E-state index is 12.1. The second kappa shape index (κ2) is 6.45. The van der Waals surface area contributed by atoms with Crippen LogP contribution < -0.4 is 10.5 Å². The molecule has 0 bridgehead atoms. The van der Waals surface area contributed by atoms with Gasteiger partial charge in [0.1, 0.15) is 5.75 Å². The number of alkyl halides is 2. The van der Waals surface area contributed by atoms with Gasteiger partial charge in [-0.05, 0) is 45.8 Å². The van der Waals surface area contributed by atoms with Crippen LogP contribution in [0.5, 0.6) is 5.75 Å². The first-order valence-corrected chi connectivity index (χ1v) is 7.20. The first kappa shape index (κ1) is 14.4. The topological polar surface area (TPSA) is 35.2 Å². The van der Waals surface area contributed by atoms with Crippen molar-refractivity contribution >= 4 is 27.3 Å². The summed E-state index contributed by atoms with van der Waals surface area (Å²) in [6, 6.07) is 10.2. The van der Waals surface area contributed by atoms with Crippen LogP contribution in [-0.4, -0.2) is 6.61 Å². The van der Waals surface area contributed by atoms with E-state index in [-0.39, 0.29) is 11.8 Å². The van der Waals surface area contributed by atoms with Crippen LogP contribution in [0.3, 0.4) is 0 Å². The van der Waals surface area contributed by atoms with Gasteiger partial charge in [-0.15, -0.1) is 11.3 Å². The van der Waals surface area contributed by atoms with Crippen molar-refractivity contribution < 1.29 is 13.5 Å². The minimum atomic E-state index is -2.82. The molecule has 0 aliphatic rings. The van der Waals surface area contributed by atoms with Crippen LogP contribution in [0.25, 0.3) is 0 Å². The molecular formula is C13H12BrF2NOS. The monoisotopic (exact) mass is 347 g/mol. The molecule has 0 aliphatic heterocycles. The summed E-state index contributed by atoms with van der Waals surface area (Å²) in [5.74, 6) is 0.135. The molecule has 0 saturated carbocycles. The van der Waals surface area contributed by atoms with Gasteiger partial charge in [0.15, 0.2) is 0 Å². The Bertz CT molecular complexity index is 547. The number of halogens is 3. The molecule has 1 atom stereocenters. The molecule has 2 aromatic rings. The van der Waals surface area contributed by atoms with E-state index in [1.165, 1.54) is 6.07 Å². The van der Waals surface area contributed by atoms with Crippen LogP contribution in [0.15, 0.2) is 40.2 Å². The Hall–Kier alpha value is -0.980. The van der Waals surface area contributed by atoms with E-state index in [0.717, 1.165) is 14.2 Å². The van der Waals surface area contributed by atoms with Gasteiger partial charge in [-0.3, -0.25) is 0 Å². The Balaban J connectivity index is 2.08. The molecule has 1 aromatic heterocycles. The molecule has 0 fully saturated rings. The second-order valence-electron chi connectivity index (χ2n) is 3.97. The Morgan fingerprint density at radius 1 is 1.26 bits per heavy atom. The molecule has 0 aliphatic carbocycles. The summed E-state index contributed by atoms with van der Waals surface area (Å²) in [5, 5.41) is 0.